The van der Waals surface area contributed by atoms with Gasteiger partial charge in [0.15, 0.2) is 0 Å². The van der Waals surface area contributed by atoms with E-state index in [0.717, 1.165) is 10.5 Å². The second kappa shape index (κ2) is 10.4. The van der Waals surface area contributed by atoms with E-state index in [4.69, 9.17) is 9.47 Å². The summed E-state index contributed by atoms with van der Waals surface area (Å²) in [6, 6.07) is 23.2. The molecule has 0 aliphatic carbocycles. The topological polar surface area (TPSA) is 81.7 Å². The van der Waals surface area contributed by atoms with Crippen molar-refractivity contribution in [1.29, 1.82) is 0 Å². The zero-order valence-electron chi connectivity index (χ0n) is 17.0. The second-order valence-corrected chi connectivity index (χ2v) is 7.63. The number of nitrogens with one attached hydrogen (secondary N) is 1. The number of benzene rings is 3. The van der Waals surface area contributed by atoms with Crippen LogP contribution in [0.1, 0.15) is 31.5 Å². The Morgan fingerprint density at radius 3 is 2.03 bits per heavy atom. The minimum absolute atomic E-state index is 0.139. The SMILES string of the molecule is COC(=O)c1ccc(C(=O)OC)c(NC(=O)[C@@H](Sc2ccccc2)c2ccccc2)c1. The Morgan fingerprint density at radius 1 is 0.806 bits per heavy atom. The highest BCUT2D eigenvalue weighted by Crippen LogP contribution is 2.36. The number of esters is 2. The molecule has 0 saturated carbocycles. The number of hydrogen-bond donors (Lipinski definition) is 1. The first kappa shape index (κ1) is 22.1. The first-order chi connectivity index (χ1) is 15.0. The summed E-state index contributed by atoms with van der Waals surface area (Å²) in [4.78, 5) is 38.4. The molecule has 3 aromatic carbocycles. The summed E-state index contributed by atoms with van der Waals surface area (Å²) < 4.78 is 9.56. The molecule has 0 heterocycles. The molecule has 1 atom stereocenters. The fourth-order valence-corrected chi connectivity index (χ4v) is 3.96. The predicted octanol–water partition coefficient (Wildman–Crippen LogP) is 4.73. The van der Waals surface area contributed by atoms with Crippen molar-refractivity contribution >= 4 is 35.3 Å². The zero-order chi connectivity index (χ0) is 22.2. The van der Waals surface area contributed by atoms with E-state index in [1.165, 1.54) is 44.2 Å². The molecule has 0 aliphatic rings. The van der Waals surface area contributed by atoms with Crippen molar-refractivity contribution in [3.05, 3.63) is 95.6 Å². The van der Waals surface area contributed by atoms with Crippen LogP contribution in [0.15, 0.2) is 83.8 Å². The molecule has 0 bridgehead atoms. The normalized spacial score (nSPS) is 11.3. The Morgan fingerprint density at radius 2 is 1.42 bits per heavy atom. The van der Waals surface area contributed by atoms with Crippen LogP contribution < -0.4 is 5.32 Å². The molecular formula is C24H21NO5S. The van der Waals surface area contributed by atoms with Gasteiger partial charge in [0.2, 0.25) is 5.91 Å². The minimum atomic E-state index is -0.626. The average Bonchev–Trinajstić information content (AvgIpc) is 2.82. The Bertz CT molecular complexity index is 1070. The Labute approximate surface area is 184 Å². The summed E-state index contributed by atoms with van der Waals surface area (Å²) in [6.45, 7) is 0. The lowest BCUT2D eigenvalue weighted by Gasteiger charge is -2.18. The summed E-state index contributed by atoms with van der Waals surface area (Å²) in [5.74, 6) is -1.55. The number of anilines is 1. The summed E-state index contributed by atoms with van der Waals surface area (Å²) in [6.07, 6.45) is 0. The van der Waals surface area contributed by atoms with Gasteiger partial charge in [-0.15, -0.1) is 11.8 Å². The number of methoxy groups -OCH3 is 2. The Hall–Kier alpha value is -3.58. The van der Waals surface area contributed by atoms with Crippen LogP contribution in [0.5, 0.6) is 0 Å². The lowest BCUT2D eigenvalue weighted by molar-refractivity contribution is -0.115. The maximum atomic E-state index is 13.3. The highest BCUT2D eigenvalue weighted by molar-refractivity contribution is 8.00. The highest BCUT2D eigenvalue weighted by Gasteiger charge is 2.25. The molecule has 0 aliphatic heterocycles. The molecule has 0 saturated heterocycles. The van der Waals surface area contributed by atoms with Gasteiger partial charge in [0, 0.05) is 4.90 Å². The molecule has 0 spiro atoms. The molecule has 1 N–H and O–H groups in total. The number of amides is 1. The van der Waals surface area contributed by atoms with Gasteiger partial charge in [0.05, 0.1) is 31.0 Å². The van der Waals surface area contributed by atoms with Gasteiger partial charge >= 0.3 is 11.9 Å². The third-order valence-electron chi connectivity index (χ3n) is 4.44. The molecule has 7 heteroatoms. The van der Waals surface area contributed by atoms with Gasteiger partial charge < -0.3 is 14.8 Å². The maximum absolute atomic E-state index is 13.3. The van der Waals surface area contributed by atoms with E-state index in [-0.39, 0.29) is 22.7 Å². The van der Waals surface area contributed by atoms with Crippen molar-refractivity contribution < 1.29 is 23.9 Å². The zero-order valence-corrected chi connectivity index (χ0v) is 17.8. The van der Waals surface area contributed by atoms with Gasteiger partial charge in [-0.25, -0.2) is 9.59 Å². The number of thioether (sulfide) groups is 1. The van der Waals surface area contributed by atoms with Gasteiger partial charge in [-0.3, -0.25) is 4.79 Å². The van der Waals surface area contributed by atoms with E-state index in [2.05, 4.69) is 5.32 Å². The van der Waals surface area contributed by atoms with Crippen LogP contribution in [0.2, 0.25) is 0 Å². The van der Waals surface area contributed by atoms with Gasteiger partial charge in [0.25, 0.3) is 0 Å². The molecule has 1 amide bonds. The molecule has 3 rings (SSSR count). The number of rotatable bonds is 7. The van der Waals surface area contributed by atoms with E-state index in [9.17, 15) is 14.4 Å². The van der Waals surface area contributed by atoms with E-state index < -0.39 is 17.2 Å². The fourth-order valence-electron chi connectivity index (χ4n) is 2.91. The number of carbonyl (C=O) groups excluding carboxylic acids is 3. The smallest absolute Gasteiger partial charge is 0.339 e. The Kier molecular flexibility index (Phi) is 7.45. The van der Waals surface area contributed by atoms with Gasteiger partial charge in [-0.05, 0) is 35.9 Å². The third kappa shape index (κ3) is 5.52. The third-order valence-corrected chi connectivity index (χ3v) is 5.71. The van der Waals surface area contributed by atoms with Crippen LogP contribution in [-0.4, -0.2) is 32.1 Å². The van der Waals surface area contributed by atoms with Crippen molar-refractivity contribution in [3.63, 3.8) is 0 Å². The molecule has 6 nitrogen and oxygen atoms in total. The van der Waals surface area contributed by atoms with E-state index in [1.807, 2.05) is 60.7 Å². The lowest BCUT2D eigenvalue weighted by Crippen LogP contribution is -2.21. The average molecular weight is 436 g/mol. The van der Waals surface area contributed by atoms with Gasteiger partial charge in [-0.1, -0.05) is 48.5 Å². The number of hydrogen-bond acceptors (Lipinski definition) is 6. The summed E-state index contributed by atoms with van der Waals surface area (Å²) in [7, 11) is 2.51. The van der Waals surface area contributed by atoms with Crippen LogP contribution in [-0.2, 0) is 14.3 Å². The van der Waals surface area contributed by atoms with E-state index >= 15 is 0 Å². The number of ether oxygens (including phenoxy) is 2. The van der Waals surface area contributed by atoms with E-state index in [0.29, 0.717) is 0 Å². The van der Waals surface area contributed by atoms with E-state index in [1.54, 1.807) is 0 Å². The van der Waals surface area contributed by atoms with Crippen molar-refractivity contribution in [1.82, 2.24) is 0 Å². The van der Waals surface area contributed by atoms with Crippen LogP contribution >= 0.6 is 11.8 Å². The first-order valence-electron chi connectivity index (χ1n) is 9.41. The van der Waals surface area contributed by atoms with Crippen molar-refractivity contribution in [2.75, 3.05) is 19.5 Å². The summed E-state index contributed by atoms with van der Waals surface area (Å²) in [5, 5.41) is 2.21. The van der Waals surface area contributed by atoms with Crippen molar-refractivity contribution in [3.8, 4) is 0 Å². The quantitative estimate of drug-likeness (QED) is 0.427. The maximum Gasteiger partial charge on any atom is 0.339 e. The largest absolute Gasteiger partial charge is 0.465 e. The van der Waals surface area contributed by atoms with Crippen molar-refractivity contribution in [2.45, 2.75) is 10.1 Å². The molecule has 0 aromatic heterocycles. The first-order valence-corrected chi connectivity index (χ1v) is 10.3. The van der Waals surface area contributed by atoms with Crippen LogP contribution in [0.25, 0.3) is 0 Å². The monoisotopic (exact) mass is 435 g/mol. The standard InChI is InChI=1S/C24H21NO5S/c1-29-23(27)17-13-14-19(24(28)30-2)20(15-17)25-22(26)21(16-9-5-3-6-10-16)31-18-11-7-4-8-12-18/h3-15,21H,1-2H3,(H,25,26)/t21-/m0/s1. The number of carbonyl (C=O) groups is 3. The molecular weight excluding hydrogens is 414 g/mol. The molecule has 3 aromatic rings. The lowest BCUT2D eigenvalue weighted by atomic mass is 10.1. The molecule has 158 valence electrons. The fraction of sp³-hybridized carbons (Fsp3) is 0.125. The second-order valence-electron chi connectivity index (χ2n) is 6.45. The summed E-state index contributed by atoms with van der Waals surface area (Å²) in [5.41, 5.74) is 1.32. The van der Waals surface area contributed by atoms with Crippen LogP contribution in [0.3, 0.4) is 0 Å². The molecule has 0 unspecified atom stereocenters. The molecule has 0 radical (unpaired) electrons. The van der Waals surface area contributed by atoms with Crippen LogP contribution in [0.4, 0.5) is 5.69 Å². The molecule has 31 heavy (non-hydrogen) atoms. The Balaban J connectivity index is 1.97. The highest BCUT2D eigenvalue weighted by atomic mass is 32.2. The van der Waals surface area contributed by atoms with Gasteiger partial charge in [0.1, 0.15) is 5.25 Å². The molecule has 0 fully saturated rings. The predicted molar refractivity (Wildman–Crippen MR) is 119 cm³/mol. The minimum Gasteiger partial charge on any atom is -0.465 e. The van der Waals surface area contributed by atoms with Gasteiger partial charge in [-0.2, -0.15) is 0 Å². The summed E-state index contributed by atoms with van der Waals surface area (Å²) >= 11 is 1.38. The van der Waals surface area contributed by atoms with Crippen LogP contribution in [0, 0.1) is 0 Å². The van der Waals surface area contributed by atoms with Crippen molar-refractivity contribution in [2.24, 2.45) is 0 Å².